The average molecular weight is 363 g/mol. The molecule has 0 N–H and O–H groups in total. The second-order valence-corrected chi connectivity index (χ2v) is 7.81. The summed E-state index contributed by atoms with van der Waals surface area (Å²) in [4.78, 5) is 14.4. The van der Waals surface area contributed by atoms with Crippen LogP contribution in [0.15, 0.2) is 29.8 Å². The van der Waals surface area contributed by atoms with Crippen LogP contribution < -0.4 is 4.74 Å². The van der Waals surface area contributed by atoms with Gasteiger partial charge in [0.05, 0.1) is 32.4 Å². The van der Waals surface area contributed by atoms with Crippen molar-refractivity contribution in [2.45, 2.75) is 51.3 Å². The van der Waals surface area contributed by atoms with Crippen LogP contribution in [-0.4, -0.2) is 49.0 Å². The minimum atomic E-state index is -0.537. The maximum Gasteiger partial charge on any atom is 0.411 e. The lowest BCUT2D eigenvalue weighted by atomic mass is 9.90. The summed E-state index contributed by atoms with van der Waals surface area (Å²) in [6, 6.07) is 4.32. The molecule has 26 heavy (non-hydrogen) atoms. The molecule has 0 aliphatic carbocycles. The van der Waals surface area contributed by atoms with Crippen LogP contribution in [0.4, 0.5) is 9.18 Å². The van der Waals surface area contributed by atoms with Gasteiger partial charge in [-0.05, 0) is 51.8 Å². The number of hydrogen-bond acceptors (Lipinski definition) is 4. The van der Waals surface area contributed by atoms with Crippen molar-refractivity contribution in [1.82, 2.24) is 4.90 Å². The number of hydrogen-bond donors (Lipinski definition) is 0. The highest BCUT2D eigenvalue weighted by molar-refractivity contribution is 5.70. The summed E-state index contributed by atoms with van der Waals surface area (Å²) in [7, 11) is 1.58. The number of ether oxygens (including phenoxy) is 3. The lowest BCUT2D eigenvalue weighted by Gasteiger charge is -2.44. The van der Waals surface area contributed by atoms with Crippen LogP contribution in [0.5, 0.6) is 5.75 Å². The number of amides is 1. The Balaban J connectivity index is 1.80. The zero-order valence-electron chi connectivity index (χ0n) is 15.8. The molecule has 1 fully saturated rings. The van der Waals surface area contributed by atoms with Gasteiger partial charge in [-0.15, -0.1) is 0 Å². The molecule has 6 heteroatoms. The Morgan fingerprint density at radius 2 is 2.12 bits per heavy atom. The first-order valence-electron chi connectivity index (χ1n) is 8.88. The van der Waals surface area contributed by atoms with Crippen LogP contribution in [0.25, 0.3) is 0 Å². The number of methoxy groups -OCH3 is 1. The number of benzene rings is 1. The number of halogens is 1. The van der Waals surface area contributed by atoms with E-state index in [0.29, 0.717) is 31.8 Å². The fraction of sp³-hybridized carbons (Fsp3) is 0.550. The van der Waals surface area contributed by atoms with E-state index in [-0.39, 0.29) is 24.0 Å². The third kappa shape index (κ3) is 4.18. The minimum absolute atomic E-state index is 0.0665. The van der Waals surface area contributed by atoms with E-state index in [1.165, 1.54) is 12.1 Å². The Labute approximate surface area is 153 Å². The van der Waals surface area contributed by atoms with E-state index in [1.807, 2.05) is 26.8 Å². The highest BCUT2D eigenvalue weighted by Gasteiger charge is 2.39. The van der Waals surface area contributed by atoms with Gasteiger partial charge in [-0.2, -0.15) is 0 Å². The highest BCUT2D eigenvalue weighted by atomic mass is 19.1. The summed E-state index contributed by atoms with van der Waals surface area (Å²) in [6.07, 6.45) is 3.00. The molecule has 1 aromatic carbocycles. The van der Waals surface area contributed by atoms with Gasteiger partial charge in [0.2, 0.25) is 0 Å². The first-order valence-corrected chi connectivity index (χ1v) is 8.88. The van der Waals surface area contributed by atoms with Crippen molar-refractivity contribution < 1.29 is 23.4 Å². The van der Waals surface area contributed by atoms with Gasteiger partial charge < -0.3 is 14.2 Å². The third-order valence-electron chi connectivity index (χ3n) is 4.54. The van der Waals surface area contributed by atoms with Gasteiger partial charge >= 0.3 is 6.09 Å². The molecule has 2 aliphatic rings. The molecular weight excluding hydrogens is 337 g/mol. The Morgan fingerprint density at radius 1 is 1.35 bits per heavy atom. The molecule has 0 spiro atoms. The van der Waals surface area contributed by atoms with Crippen LogP contribution in [0.1, 0.15) is 32.8 Å². The third-order valence-corrected chi connectivity index (χ3v) is 4.54. The fourth-order valence-electron chi connectivity index (χ4n) is 3.54. The zero-order valence-corrected chi connectivity index (χ0v) is 15.8. The van der Waals surface area contributed by atoms with Gasteiger partial charge in [0.25, 0.3) is 0 Å². The molecule has 1 saturated heterocycles. The average Bonchev–Trinajstić information content (AvgIpc) is 2.52. The lowest BCUT2D eigenvalue weighted by molar-refractivity contribution is -0.0536. The quantitative estimate of drug-likeness (QED) is 0.768. The Hall–Kier alpha value is -2.08. The normalized spacial score (nSPS) is 22.7. The van der Waals surface area contributed by atoms with Crippen molar-refractivity contribution in [3.8, 4) is 5.75 Å². The number of carbonyl (C=O) groups is 1. The van der Waals surface area contributed by atoms with E-state index >= 15 is 0 Å². The molecule has 2 heterocycles. The first kappa shape index (κ1) is 18.7. The number of nitrogens with zero attached hydrogens (tertiary/aromatic N) is 1. The SMILES string of the molecule is COc1ccc(F)cc1CC1=CC2COCC(C1)N2C(=O)OC(C)(C)C. The van der Waals surface area contributed by atoms with Crippen molar-refractivity contribution in [2.75, 3.05) is 20.3 Å². The standard InChI is InChI=1S/C20H26FNO4/c1-20(2,3)26-19(23)22-16-8-13(9-17(22)12-25-11-16)7-14-10-15(21)5-6-18(14)24-4/h5-6,8,10,16-17H,7,9,11-12H2,1-4H3. The van der Waals surface area contributed by atoms with Crippen molar-refractivity contribution in [3.63, 3.8) is 0 Å². The Morgan fingerprint density at radius 3 is 2.77 bits per heavy atom. The number of rotatable bonds is 3. The smallest absolute Gasteiger partial charge is 0.411 e. The second-order valence-electron chi connectivity index (χ2n) is 7.81. The minimum Gasteiger partial charge on any atom is -0.496 e. The van der Waals surface area contributed by atoms with E-state index < -0.39 is 5.60 Å². The molecule has 2 unspecified atom stereocenters. The highest BCUT2D eigenvalue weighted by Crippen LogP contribution is 2.32. The summed E-state index contributed by atoms with van der Waals surface area (Å²) in [5, 5.41) is 0. The molecule has 142 valence electrons. The summed E-state index contributed by atoms with van der Waals surface area (Å²) < 4.78 is 30.2. The molecule has 2 aliphatic heterocycles. The fourth-order valence-corrected chi connectivity index (χ4v) is 3.54. The number of carbonyl (C=O) groups excluding carboxylic acids is 1. The molecule has 2 atom stereocenters. The van der Waals surface area contributed by atoms with Crippen molar-refractivity contribution in [2.24, 2.45) is 0 Å². The molecule has 0 radical (unpaired) electrons. The monoisotopic (exact) mass is 363 g/mol. The maximum absolute atomic E-state index is 13.6. The molecular formula is C20H26FNO4. The molecule has 3 rings (SSSR count). The van der Waals surface area contributed by atoms with E-state index in [2.05, 4.69) is 0 Å². The molecule has 5 nitrogen and oxygen atoms in total. The van der Waals surface area contributed by atoms with Gasteiger partial charge in [-0.1, -0.05) is 11.6 Å². The van der Waals surface area contributed by atoms with E-state index in [1.54, 1.807) is 18.1 Å². The maximum atomic E-state index is 13.6. The van der Waals surface area contributed by atoms with E-state index in [0.717, 1.165) is 11.1 Å². The van der Waals surface area contributed by atoms with Crippen LogP contribution in [0, 0.1) is 5.82 Å². The lowest BCUT2D eigenvalue weighted by Crippen LogP contribution is -2.57. The van der Waals surface area contributed by atoms with Gasteiger partial charge in [-0.3, -0.25) is 4.90 Å². The molecule has 2 bridgehead atoms. The van der Waals surface area contributed by atoms with Gasteiger partial charge in [0.15, 0.2) is 0 Å². The van der Waals surface area contributed by atoms with Crippen LogP contribution >= 0.6 is 0 Å². The van der Waals surface area contributed by atoms with Gasteiger partial charge in [-0.25, -0.2) is 9.18 Å². The Kier molecular flexibility index (Phi) is 5.23. The number of morpholine rings is 1. The topological polar surface area (TPSA) is 48.0 Å². The molecule has 0 saturated carbocycles. The van der Waals surface area contributed by atoms with E-state index in [4.69, 9.17) is 14.2 Å². The van der Waals surface area contributed by atoms with E-state index in [9.17, 15) is 9.18 Å². The summed E-state index contributed by atoms with van der Waals surface area (Å²) in [5.41, 5.74) is 1.43. The first-order chi connectivity index (χ1) is 12.3. The van der Waals surface area contributed by atoms with Crippen LogP contribution in [-0.2, 0) is 15.9 Å². The Bertz CT molecular complexity index is 710. The summed E-state index contributed by atoms with van der Waals surface area (Å²) >= 11 is 0. The van der Waals surface area contributed by atoms with Gasteiger partial charge in [0.1, 0.15) is 17.2 Å². The second kappa shape index (κ2) is 7.27. The zero-order chi connectivity index (χ0) is 18.9. The summed E-state index contributed by atoms with van der Waals surface area (Å²) in [6.45, 7) is 6.50. The van der Waals surface area contributed by atoms with Gasteiger partial charge in [0, 0.05) is 5.56 Å². The molecule has 0 aromatic heterocycles. The number of fused-ring (bicyclic) bond motifs is 2. The molecule has 1 amide bonds. The van der Waals surface area contributed by atoms with Crippen LogP contribution in [0.2, 0.25) is 0 Å². The predicted octanol–water partition coefficient (Wildman–Crippen LogP) is 3.71. The summed E-state index contributed by atoms with van der Waals surface area (Å²) in [5.74, 6) is 0.388. The van der Waals surface area contributed by atoms with Crippen LogP contribution in [0.3, 0.4) is 0 Å². The molecule has 1 aromatic rings. The predicted molar refractivity (Wildman–Crippen MR) is 95.8 cm³/mol. The largest absolute Gasteiger partial charge is 0.496 e. The van der Waals surface area contributed by atoms with Crippen molar-refractivity contribution in [3.05, 3.63) is 41.2 Å². The van der Waals surface area contributed by atoms with Crippen molar-refractivity contribution >= 4 is 6.09 Å². The van der Waals surface area contributed by atoms with Crippen molar-refractivity contribution in [1.29, 1.82) is 0 Å².